The Labute approximate surface area is 190 Å². The van der Waals surface area contributed by atoms with Gasteiger partial charge in [0.25, 0.3) is 0 Å². The summed E-state index contributed by atoms with van der Waals surface area (Å²) in [7, 11) is 0. The van der Waals surface area contributed by atoms with Crippen molar-refractivity contribution < 1.29 is 32.3 Å². The van der Waals surface area contributed by atoms with Gasteiger partial charge in [0.1, 0.15) is 5.60 Å². The van der Waals surface area contributed by atoms with E-state index in [0.29, 0.717) is 13.0 Å². The van der Waals surface area contributed by atoms with E-state index in [1.165, 1.54) is 4.90 Å². The van der Waals surface area contributed by atoms with E-state index in [4.69, 9.17) is 4.74 Å². The predicted molar refractivity (Wildman–Crippen MR) is 111 cm³/mol. The normalized spacial score (nSPS) is 18.1. The van der Waals surface area contributed by atoms with Crippen molar-refractivity contribution >= 4 is 17.9 Å². The van der Waals surface area contributed by atoms with Crippen LogP contribution in [0.5, 0.6) is 0 Å². The van der Waals surface area contributed by atoms with E-state index >= 15 is 0 Å². The Kier molecular flexibility index (Phi) is 7.23. The largest absolute Gasteiger partial charge is 0.444 e. The lowest BCUT2D eigenvalue weighted by Gasteiger charge is -2.33. The predicted octanol–water partition coefficient (Wildman–Crippen LogP) is 2.61. The number of hydrogen-bond donors (Lipinski definition) is 2. The molecule has 1 fully saturated rings. The van der Waals surface area contributed by atoms with Gasteiger partial charge in [0.05, 0.1) is 18.3 Å². The molecule has 2 aliphatic rings. The Morgan fingerprint density at radius 2 is 1.91 bits per heavy atom. The van der Waals surface area contributed by atoms with Gasteiger partial charge in [-0.2, -0.15) is 18.3 Å². The molecular formula is C21H30F3N5O4. The fraction of sp³-hybridized carbons (Fsp3) is 0.714. The quantitative estimate of drug-likeness (QED) is 0.684. The van der Waals surface area contributed by atoms with Crippen molar-refractivity contribution in [1.82, 2.24) is 25.3 Å². The minimum atomic E-state index is -4.56. The maximum absolute atomic E-state index is 13.1. The number of alkyl halides is 3. The van der Waals surface area contributed by atoms with Crippen LogP contribution in [0.2, 0.25) is 0 Å². The second-order valence-electron chi connectivity index (χ2n) is 9.44. The van der Waals surface area contributed by atoms with Crippen LogP contribution in [0.15, 0.2) is 0 Å². The van der Waals surface area contributed by atoms with E-state index in [0.717, 1.165) is 12.8 Å². The highest BCUT2D eigenvalue weighted by Gasteiger charge is 2.39. The summed E-state index contributed by atoms with van der Waals surface area (Å²) in [5.41, 5.74) is -1.35. The van der Waals surface area contributed by atoms with E-state index in [1.807, 2.05) is 0 Å². The number of amides is 3. The van der Waals surface area contributed by atoms with E-state index in [1.54, 1.807) is 25.7 Å². The number of hydrogen-bond acceptors (Lipinski definition) is 5. The SMILES string of the molecule is CC(C)(C)OC(=O)NC(CC(=O)N1CCc2c(C(F)(F)F)n[nH]c2C1)CN1CCCCC1=O. The number of carbonyl (C=O) groups excluding carboxylic acids is 3. The van der Waals surface area contributed by atoms with Gasteiger partial charge in [-0.1, -0.05) is 0 Å². The number of nitrogens with zero attached hydrogens (tertiary/aromatic N) is 3. The number of ether oxygens (including phenoxy) is 1. The molecule has 9 nitrogen and oxygen atoms in total. The highest BCUT2D eigenvalue weighted by molar-refractivity contribution is 5.79. The minimum absolute atomic E-state index is 0.0287. The van der Waals surface area contributed by atoms with Crippen LogP contribution in [-0.2, 0) is 33.5 Å². The van der Waals surface area contributed by atoms with Crippen LogP contribution in [0.25, 0.3) is 0 Å². The molecule has 0 aliphatic carbocycles. The number of H-pyrrole nitrogens is 1. The van der Waals surface area contributed by atoms with Gasteiger partial charge >= 0.3 is 12.3 Å². The average molecular weight is 473 g/mol. The lowest BCUT2D eigenvalue weighted by Crippen LogP contribution is -2.50. The van der Waals surface area contributed by atoms with Crippen LogP contribution in [0.1, 0.15) is 63.4 Å². The first-order chi connectivity index (χ1) is 15.3. The molecule has 0 radical (unpaired) electrons. The molecule has 0 spiro atoms. The van der Waals surface area contributed by atoms with Crippen molar-refractivity contribution in [2.45, 2.75) is 77.2 Å². The van der Waals surface area contributed by atoms with Crippen molar-refractivity contribution in [3.05, 3.63) is 17.0 Å². The van der Waals surface area contributed by atoms with Crippen LogP contribution in [-0.4, -0.2) is 69.2 Å². The molecule has 1 saturated heterocycles. The molecule has 184 valence electrons. The van der Waals surface area contributed by atoms with Crippen molar-refractivity contribution in [3.8, 4) is 0 Å². The highest BCUT2D eigenvalue weighted by atomic mass is 19.4. The second-order valence-corrected chi connectivity index (χ2v) is 9.44. The van der Waals surface area contributed by atoms with Gasteiger partial charge in [-0.25, -0.2) is 4.79 Å². The molecule has 12 heteroatoms. The molecule has 3 heterocycles. The van der Waals surface area contributed by atoms with Gasteiger partial charge in [-0.3, -0.25) is 14.7 Å². The molecule has 33 heavy (non-hydrogen) atoms. The second kappa shape index (κ2) is 9.60. The van der Waals surface area contributed by atoms with Crippen molar-refractivity contribution in [3.63, 3.8) is 0 Å². The number of halogens is 3. The molecule has 0 bridgehead atoms. The molecule has 1 aromatic heterocycles. The monoisotopic (exact) mass is 473 g/mol. The maximum Gasteiger partial charge on any atom is 0.435 e. The van der Waals surface area contributed by atoms with Gasteiger partial charge < -0.3 is 19.9 Å². The van der Waals surface area contributed by atoms with Crippen molar-refractivity contribution in [2.24, 2.45) is 0 Å². The summed E-state index contributed by atoms with van der Waals surface area (Å²) in [6.45, 7) is 5.92. The van der Waals surface area contributed by atoms with Gasteiger partial charge in [-0.05, 0) is 40.0 Å². The fourth-order valence-electron chi connectivity index (χ4n) is 4.06. The minimum Gasteiger partial charge on any atom is -0.444 e. The van der Waals surface area contributed by atoms with E-state index in [-0.39, 0.29) is 55.5 Å². The Morgan fingerprint density at radius 3 is 2.55 bits per heavy atom. The first-order valence-electron chi connectivity index (χ1n) is 11.0. The average Bonchev–Trinajstić information content (AvgIpc) is 3.11. The summed E-state index contributed by atoms with van der Waals surface area (Å²) >= 11 is 0. The Balaban J connectivity index is 1.68. The van der Waals surface area contributed by atoms with Crippen LogP contribution in [0.4, 0.5) is 18.0 Å². The number of piperidine rings is 1. The summed E-state index contributed by atoms with van der Waals surface area (Å²) in [4.78, 5) is 40.6. The zero-order chi connectivity index (χ0) is 24.4. The van der Waals surface area contributed by atoms with Gasteiger partial charge in [0.2, 0.25) is 11.8 Å². The van der Waals surface area contributed by atoms with E-state index in [2.05, 4.69) is 15.5 Å². The molecule has 0 saturated carbocycles. The summed E-state index contributed by atoms with van der Waals surface area (Å²) in [6.07, 6.45) is -3.27. The molecule has 1 atom stereocenters. The van der Waals surface area contributed by atoms with Gasteiger partial charge in [0, 0.05) is 38.0 Å². The fourth-order valence-corrected chi connectivity index (χ4v) is 4.06. The first kappa shape index (κ1) is 24.8. The molecular weight excluding hydrogens is 443 g/mol. The molecule has 3 amide bonds. The first-order valence-corrected chi connectivity index (χ1v) is 11.0. The number of aromatic nitrogens is 2. The molecule has 2 N–H and O–H groups in total. The van der Waals surface area contributed by atoms with Crippen LogP contribution in [0.3, 0.4) is 0 Å². The number of nitrogens with one attached hydrogen (secondary N) is 2. The summed E-state index contributed by atoms with van der Waals surface area (Å²) in [5.74, 6) is -0.376. The lowest BCUT2D eigenvalue weighted by molar-refractivity contribution is -0.142. The van der Waals surface area contributed by atoms with Crippen LogP contribution in [0, 0.1) is 0 Å². The number of likely N-dealkylation sites (tertiary alicyclic amines) is 1. The number of alkyl carbamates (subject to hydrolysis) is 1. The number of aromatic amines is 1. The van der Waals surface area contributed by atoms with Gasteiger partial charge in [0.15, 0.2) is 5.69 Å². The molecule has 1 unspecified atom stereocenters. The maximum atomic E-state index is 13.1. The van der Waals surface area contributed by atoms with E-state index < -0.39 is 29.6 Å². The molecule has 3 rings (SSSR count). The van der Waals surface area contributed by atoms with Crippen LogP contribution < -0.4 is 5.32 Å². The Bertz CT molecular complexity index is 893. The lowest BCUT2D eigenvalue weighted by atomic mass is 10.0. The Hall–Kier alpha value is -2.79. The number of fused-ring (bicyclic) bond motifs is 1. The number of rotatable bonds is 5. The summed E-state index contributed by atoms with van der Waals surface area (Å²) in [5, 5.41) is 8.45. The van der Waals surface area contributed by atoms with Crippen molar-refractivity contribution in [1.29, 1.82) is 0 Å². The third-order valence-electron chi connectivity index (χ3n) is 5.56. The zero-order valence-corrected chi connectivity index (χ0v) is 19.0. The Morgan fingerprint density at radius 1 is 1.18 bits per heavy atom. The topological polar surface area (TPSA) is 108 Å². The summed E-state index contributed by atoms with van der Waals surface area (Å²) in [6, 6.07) is -0.691. The molecule has 1 aromatic rings. The van der Waals surface area contributed by atoms with Gasteiger partial charge in [-0.15, -0.1) is 0 Å². The zero-order valence-electron chi connectivity index (χ0n) is 19.0. The third kappa shape index (κ3) is 6.61. The summed E-state index contributed by atoms with van der Waals surface area (Å²) < 4.78 is 44.5. The standard InChI is InChI=1S/C21H30F3N5O4/c1-20(2,3)33-19(32)25-13(11-28-8-5-4-6-16(28)30)10-17(31)29-9-7-14-15(12-29)26-27-18(14)21(22,23)24/h13H,4-12H2,1-3H3,(H,25,32)(H,26,27). The molecule has 2 aliphatic heterocycles. The number of carbonyl (C=O) groups is 3. The highest BCUT2D eigenvalue weighted by Crippen LogP contribution is 2.33. The third-order valence-corrected chi connectivity index (χ3v) is 5.56. The smallest absolute Gasteiger partial charge is 0.435 e. The molecule has 0 aromatic carbocycles. The van der Waals surface area contributed by atoms with Crippen LogP contribution >= 0.6 is 0 Å². The van der Waals surface area contributed by atoms with E-state index in [9.17, 15) is 27.6 Å². The van der Waals surface area contributed by atoms with Crippen molar-refractivity contribution in [2.75, 3.05) is 19.6 Å².